The molecule has 1 N–H and O–H groups in total. The Labute approximate surface area is 145 Å². The summed E-state index contributed by atoms with van der Waals surface area (Å²) in [6, 6.07) is 8.29. The first kappa shape index (κ1) is 16.2. The van der Waals surface area contributed by atoms with E-state index in [9.17, 15) is 4.79 Å². The van der Waals surface area contributed by atoms with Crippen LogP contribution in [0.4, 0.5) is 5.69 Å². The molecule has 0 atom stereocenters. The monoisotopic (exact) mass is 375 g/mol. The number of hydrogen-bond acceptors (Lipinski definition) is 3. The Morgan fingerprint density at radius 3 is 2.87 bits per heavy atom. The first-order chi connectivity index (χ1) is 11.2. The maximum atomic E-state index is 12.1. The van der Waals surface area contributed by atoms with Crippen molar-refractivity contribution in [1.29, 1.82) is 0 Å². The largest absolute Gasteiger partial charge is 0.371 e. The van der Waals surface area contributed by atoms with Gasteiger partial charge in [0.25, 0.3) is 0 Å². The zero-order chi connectivity index (χ0) is 16.2. The predicted octanol–water partition coefficient (Wildman–Crippen LogP) is 3.74. The van der Waals surface area contributed by atoms with Gasteiger partial charge in [0, 0.05) is 47.3 Å². The van der Waals surface area contributed by atoms with Crippen molar-refractivity contribution in [3.05, 3.63) is 34.9 Å². The van der Waals surface area contributed by atoms with Crippen LogP contribution in [0.1, 0.15) is 26.2 Å². The number of aromatic nitrogens is 1. The molecule has 0 bridgehead atoms. The van der Waals surface area contributed by atoms with E-state index in [0.717, 1.165) is 48.9 Å². The summed E-state index contributed by atoms with van der Waals surface area (Å²) in [4.78, 5) is 18.9. The first-order valence-corrected chi connectivity index (χ1v) is 9.05. The van der Waals surface area contributed by atoms with Gasteiger partial charge in [-0.25, -0.2) is 0 Å². The van der Waals surface area contributed by atoms with Gasteiger partial charge >= 0.3 is 0 Å². The maximum absolute atomic E-state index is 12.1. The number of nitrogens with zero attached hydrogens (tertiary/aromatic N) is 2. The van der Waals surface area contributed by atoms with Crippen molar-refractivity contribution in [3.8, 4) is 0 Å². The number of hydrogen-bond donors (Lipinski definition) is 1. The van der Waals surface area contributed by atoms with E-state index in [4.69, 9.17) is 0 Å². The number of carbonyl (C=O) groups is 1. The van der Waals surface area contributed by atoms with Crippen LogP contribution in [-0.4, -0.2) is 30.5 Å². The molecule has 2 heterocycles. The van der Waals surface area contributed by atoms with Gasteiger partial charge < -0.3 is 10.2 Å². The fraction of sp³-hybridized carbons (Fsp3) is 0.444. The number of amides is 1. The van der Waals surface area contributed by atoms with Crippen LogP contribution >= 0.6 is 15.9 Å². The molecule has 0 saturated carbocycles. The molecule has 0 spiro atoms. The Balaban J connectivity index is 1.72. The molecule has 1 aliphatic heterocycles. The summed E-state index contributed by atoms with van der Waals surface area (Å²) in [5, 5.41) is 4.19. The van der Waals surface area contributed by atoms with E-state index >= 15 is 0 Å². The second-order valence-corrected chi connectivity index (χ2v) is 6.96. The molecule has 23 heavy (non-hydrogen) atoms. The van der Waals surface area contributed by atoms with Gasteiger partial charge in [-0.05, 0) is 43.5 Å². The molecule has 122 valence electrons. The summed E-state index contributed by atoms with van der Waals surface area (Å²) >= 11 is 3.50. The minimum atomic E-state index is 0.153. The van der Waals surface area contributed by atoms with Crippen LogP contribution in [0.3, 0.4) is 0 Å². The van der Waals surface area contributed by atoms with E-state index in [2.05, 4.69) is 56.3 Å². The number of pyridine rings is 1. The Morgan fingerprint density at radius 2 is 2.13 bits per heavy atom. The van der Waals surface area contributed by atoms with Crippen LogP contribution in [0.15, 0.2) is 34.9 Å². The number of halogens is 1. The van der Waals surface area contributed by atoms with Crippen LogP contribution in [0.25, 0.3) is 10.9 Å². The lowest BCUT2D eigenvalue weighted by atomic mass is 9.95. The van der Waals surface area contributed by atoms with Crippen molar-refractivity contribution < 1.29 is 4.79 Å². The molecule has 2 aromatic rings. The number of rotatable bonds is 4. The Bertz CT molecular complexity index is 696. The van der Waals surface area contributed by atoms with E-state index in [0.29, 0.717) is 0 Å². The predicted molar refractivity (Wildman–Crippen MR) is 97.7 cm³/mol. The summed E-state index contributed by atoms with van der Waals surface area (Å²) in [5.74, 6) is 0.370. The number of carbonyl (C=O) groups excluding carboxylic acids is 1. The lowest BCUT2D eigenvalue weighted by molar-refractivity contribution is -0.125. The summed E-state index contributed by atoms with van der Waals surface area (Å²) < 4.78 is 1.04. The average molecular weight is 376 g/mol. The third-order valence-electron chi connectivity index (χ3n) is 4.44. The SMILES string of the molecule is CCCNC(=O)C1CCN(c2ccnc3cc(Br)ccc23)CC1. The van der Waals surface area contributed by atoms with Crippen LogP contribution in [0.2, 0.25) is 0 Å². The van der Waals surface area contributed by atoms with Gasteiger partial charge in [-0.2, -0.15) is 0 Å². The number of nitrogens with one attached hydrogen (secondary N) is 1. The zero-order valence-electron chi connectivity index (χ0n) is 13.4. The zero-order valence-corrected chi connectivity index (χ0v) is 15.0. The highest BCUT2D eigenvalue weighted by Gasteiger charge is 2.25. The van der Waals surface area contributed by atoms with E-state index < -0.39 is 0 Å². The Morgan fingerprint density at radius 1 is 1.35 bits per heavy atom. The van der Waals surface area contributed by atoms with E-state index in [1.807, 2.05) is 12.3 Å². The Hall–Kier alpha value is -1.62. The van der Waals surface area contributed by atoms with Crippen molar-refractivity contribution in [1.82, 2.24) is 10.3 Å². The summed E-state index contributed by atoms with van der Waals surface area (Å²) in [5.41, 5.74) is 2.22. The van der Waals surface area contributed by atoms with Crippen molar-refractivity contribution in [2.75, 3.05) is 24.5 Å². The summed E-state index contributed by atoms with van der Waals surface area (Å²) in [6.45, 7) is 4.69. The van der Waals surface area contributed by atoms with Crippen molar-refractivity contribution in [2.45, 2.75) is 26.2 Å². The topological polar surface area (TPSA) is 45.2 Å². The molecular weight excluding hydrogens is 354 g/mol. The number of piperidine rings is 1. The maximum Gasteiger partial charge on any atom is 0.223 e. The lowest BCUT2D eigenvalue weighted by Crippen LogP contribution is -2.40. The lowest BCUT2D eigenvalue weighted by Gasteiger charge is -2.33. The molecule has 1 saturated heterocycles. The Kier molecular flexibility index (Phi) is 5.16. The van der Waals surface area contributed by atoms with Crippen molar-refractivity contribution >= 4 is 38.4 Å². The second-order valence-electron chi connectivity index (χ2n) is 6.04. The standard InChI is InChI=1S/C18H22BrN3O/c1-2-8-21-18(23)13-6-10-22(11-7-13)17-5-9-20-16-12-14(19)3-4-15(16)17/h3-5,9,12-13H,2,6-8,10-11H2,1H3,(H,21,23). The van der Waals surface area contributed by atoms with Gasteiger partial charge in [0.05, 0.1) is 5.52 Å². The molecule has 1 aliphatic rings. The fourth-order valence-electron chi connectivity index (χ4n) is 3.16. The molecule has 1 aromatic carbocycles. The second kappa shape index (κ2) is 7.30. The van der Waals surface area contributed by atoms with E-state index in [1.54, 1.807) is 0 Å². The van der Waals surface area contributed by atoms with E-state index in [-0.39, 0.29) is 11.8 Å². The third kappa shape index (κ3) is 3.66. The average Bonchev–Trinajstić information content (AvgIpc) is 2.59. The molecule has 0 aliphatic carbocycles. The van der Waals surface area contributed by atoms with Crippen LogP contribution in [0.5, 0.6) is 0 Å². The number of fused-ring (bicyclic) bond motifs is 1. The summed E-state index contributed by atoms with van der Waals surface area (Å²) in [7, 11) is 0. The molecule has 5 heteroatoms. The summed E-state index contributed by atoms with van der Waals surface area (Å²) in [6.07, 6.45) is 4.68. The molecule has 0 unspecified atom stereocenters. The van der Waals surface area contributed by atoms with Gasteiger partial charge in [0.15, 0.2) is 0 Å². The van der Waals surface area contributed by atoms with E-state index in [1.165, 1.54) is 11.1 Å². The normalized spacial score (nSPS) is 15.8. The molecule has 4 nitrogen and oxygen atoms in total. The molecule has 0 radical (unpaired) electrons. The molecule has 1 fully saturated rings. The van der Waals surface area contributed by atoms with Gasteiger partial charge in [-0.1, -0.05) is 22.9 Å². The smallest absolute Gasteiger partial charge is 0.223 e. The molecule has 1 aromatic heterocycles. The van der Waals surface area contributed by atoms with Gasteiger partial charge in [0.2, 0.25) is 5.91 Å². The highest BCUT2D eigenvalue weighted by atomic mass is 79.9. The molecule has 1 amide bonds. The third-order valence-corrected chi connectivity index (χ3v) is 4.93. The molecule has 3 rings (SSSR count). The van der Waals surface area contributed by atoms with Gasteiger partial charge in [-0.3, -0.25) is 9.78 Å². The number of benzene rings is 1. The molecular formula is C18H22BrN3O. The number of anilines is 1. The quantitative estimate of drug-likeness (QED) is 0.884. The highest BCUT2D eigenvalue weighted by molar-refractivity contribution is 9.10. The van der Waals surface area contributed by atoms with Crippen LogP contribution in [-0.2, 0) is 4.79 Å². The first-order valence-electron chi connectivity index (χ1n) is 8.26. The fourth-order valence-corrected chi connectivity index (χ4v) is 3.51. The highest BCUT2D eigenvalue weighted by Crippen LogP contribution is 2.30. The minimum Gasteiger partial charge on any atom is -0.371 e. The van der Waals surface area contributed by atoms with Crippen LogP contribution in [0, 0.1) is 5.92 Å². The van der Waals surface area contributed by atoms with Gasteiger partial charge in [-0.15, -0.1) is 0 Å². The van der Waals surface area contributed by atoms with Crippen LogP contribution < -0.4 is 10.2 Å². The van der Waals surface area contributed by atoms with Gasteiger partial charge in [0.1, 0.15) is 0 Å². The minimum absolute atomic E-state index is 0.153. The van der Waals surface area contributed by atoms with Crippen molar-refractivity contribution in [3.63, 3.8) is 0 Å². The van der Waals surface area contributed by atoms with Crippen molar-refractivity contribution in [2.24, 2.45) is 5.92 Å².